The predicted molar refractivity (Wildman–Crippen MR) is 91.5 cm³/mol. The van der Waals surface area contributed by atoms with E-state index in [-0.39, 0.29) is 5.91 Å². The first-order valence-electron chi connectivity index (χ1n) is 7.65. The number of nitrogens with zero attached hydrogens (tertiary/aromatic N) is 1. The number of halogens is 1. The molecule has 116 valence electrons. The smallest absolute Gasteiger partial charge is 0.224 e. The number of nitrogens with one attached hydrogen (secondary N) is 1. The second-order valence-electron chi connectivity index (χ2n) is 5.85. The van der Waals surface area contributed by atoms with Gasteiger partial charge in [-0.3, -0.25) is 4.79 Å². The standard InChI is InChI=1S/C17H19ClN2OS/c18-14-5-7-15(8-6-14)20-16(21)11-12-1-3-13(4-2-12)17-19-9-10-22-17/h5-10,12-13H,1-4,11H2,(H,20,21)/t12-,13-. The number of hydrogen-bond acceptors (Lipinski definition) is 3. The maximum atomic E-state index is 12.1. The second kappa shape index (κ2) is 7.25. The third-order valence-electron chi connectivity index (χ3n) is 4.25. The van der Waals surface area contributed by atoms with Gasteiger partial charge in [-0.05, 0) is 55.9 Å². The van der Waals surface area contributed by atoms with Crippen molar-refractivity contribution in [3.8, 4) is 0 Å². The van der Waals surface area contributed by atoms with E-state index in [0.29, 0.717) is 23.3 Å². The largest absolute Gasteiger partial charge is 0.326 e. The summed E-state index contributed by atoms with van der Waals surface area (Å²) in [6, 6.07) is 7.24. The number of carbonyl (C=O) groups excluding carboxylic acids is 1. The van der Waals surface area contributed by atoms with Crippen LogP contribution in [0.1, 0.15) is 43.0 Å². The molecule has 1 aliphatic rings. The van der Waals surface area contributed by atoms with E-state index in [9.17, 15) is 4.79 Å². The Balaban J connectivity index is 1.46. The monoisotopic (exact) mass is 334 g/mol. The van der Waals surface area contributed by atoms with Gasteiger partial charge < -0.3 is 5.32 Å². The first kappa shape index (κ1) is 15.5. The Bertz CT molecular complexity index is 604. The maximum absolute atomic E-state index is 12.1. The first-order valence-corrected chi connectivity index (χ1v) is 8.91. The van der Waals surface area contributed by atoms with Gasteiger partial charge in [-0.1, -0.05) is 11.6 Å². The van der Waals surface area contributed by atoms with Gasteiger partial charge in [0, 0.05) is 34.6 Å². The number of anilines is 1. The molecule has 0 unspecified atom stereocenters. The summed E-state index contributed by atoms with van der Waals surface area (Å²) in [4.78, 5) is 16.5. The molecule has 1 aliphatic carbocycles. The molecule has 1 fully saturated rings. The van der Waals surface area contributed by atoms with E-state index < -0.39 is 0 Å². The lowest BCUT2D eigenvalue weighted by molar-refractivity contribution is -0.117. The van der Waals surface area contributed by atoms with Gasteiger partial charge in [0.2, 0.25) is 5.91 Å². The molecule has 3 rings (SSSR count). The molecule has 1 heterocycles. The first-order chi connectivity index (χ1) is 10.7. The second-order valence-corrected chi connectivity index (χ2v) is 7.21. The molecule has 0 radical (unpaired) electrons. The summed E-state index contributed by atoms with van der Waals surface area (Å²) in [5.74, 6) is 1.18. The summed E-state index contributed by atoms with van der Waals surface area (Å²) in [5.41, 5.74) is 0.811. The van der Waals surface area contributed by atoms with Crippen molar-refractivity contribution in [3.05, 3.63) is 45.9 Å². The number of amides is 1. The van der Waals surface area contributed by atoms with Crippen LogP contribution in [0.15, 0.2) is 35.8 Å². The minimum absolute atomic E-state index is 0.0972. The van der Waals surface area contributed by atoms with Crippen LogP contribution >= 0.6 is 22.9 Å². The van der Waals surface area contributed by atoms with Crippen molar-refractivity contribution in [2.75, 3.05) is 5.32 Å². The van der Waals surface area contributed by atoms with Crippen LogP contribution in [0.5, 0.6) is 0 Å². The molecular weight excluding hydrogens is 316 g/mol. The molecule has 2 aromatic rings. The normalized spacial score (nSPS) is 21.5. The maximum Gasteiger partial charge on any atom is 0.224 e. The van der Waals surface area contributed by atoms with Crippen LogP contribution in [0.2, 0.25) is 5.02 Å². The molecule has 0 spiro atoms. The third kappa shape index (κ3) is 4.08. The Morgan fingerprint density at radius 3 is 2.59 bits per heavy atom. The van der Waals surface area contributed by atoms with Gasteiger partial charge in [-0.25, -0.2) is 4.98 Å². The minimum atomic E-state index is 0.0972. The molecule has 1 aromatic heterocycles. The highest BCUT2D eigenvalue weighted by atomic mass is 35.5. The summed E-state index contributed by atoms with van der Waals surface area (Å²) >= 11 is 7.59. The average molecular weight is 335 g/mol. The Kier molecular flexibility index (Phi) is 5.11. The van der Waals surface area contributed by atoms with Crippen LogP contribution in [0, 0.1) is 5.92 Å². The molecule has 1 aromatic carbocycles. The van der Waals surface area contributed by atoms with E-state index in [1.807, 2.05) is 23.7 Å². The summed E-state index contributed by atoms with van der Waals surface area (Å²) in [5, 5.41) is 6.92. The fourth-order valence-corrected chi connectivity index (χ4v) is 3.99. The average Bonchev–Trinajstić information content (AvgIpc) is 3.05. The number of rotatable bonds is 4. The molecule has 1 saturated carbocycles. The molecule has 0 atom stereocenters. The van der Waals surface area contributed by atoms with Crippen molar-refractivity contribution in [1.29, 1.82) is 0 Å². The quantitative estimate of drug-likeness (QED) is 0.845. The van der Waals surface area contributed by atoms with Crippen LogP contribution in [0.25, 0.3) is 0 Å². The van der Waals surface area contributed by atoms with Gasteiger partial charge in [0.15, 0.2) is 0 Å². The van der Waals surface area contributed by atoms with Crippen LogP contribution < -0.4 is 5.32 Å². The number of thiazole rings is 1. The Morgan fingerprint density at radius 1 is 1.23 bits per heavy atom. The lowest BCUT2D eigenvalue weighted by atomic mass is 9.80. The van der Waals surface area contributed by atoms with Crippen LogP contribution in [-0.4, -0.2) is 10.9 Å². The summed E-state index contributed by atoms with van der Waals surface area (Å²) in [6.07, 6.45) is 6.99. The van der Waals surface area contributed by atoms with Crippen LogP contribution in [0.4, 0.5) is 5.69 Å². The van der Waals surface area contributed by atoms with Crippen molar-refractivity contribution in [2.24, 2.45) is 5.92 Å². The van der Waals surface area contributed by atoms with Crippen LogP contribution in [-0.2, 0) is 4.79 Å². The van der Waals surface area contributed by atoms with Gasteiger partial charge in [-0.15, -0.1) is 11.3 Å². The molecule has 0 bridgehead atoms. The SMILES string of the molecule is O=C(C[C@H]1CC[C@H](c2nccs2)CC1)Nc1ccc(Cl)cc1. The van der Waals surface area contributed by atoms with Gasteiger partial charge in [0.05, 0.1) is 5.01 Å². The Labute approximate surface area is 139 Å². The van der Waals surface area contributed by atoms with Crippen molar-refractivity contribution >= 4 is 34.5 Å². The zero-order chi connectivity index (χ0) is 15.4. The van der Waals surface area contributed by atoms with Crippen LogP contribution in [0.3, 0.4) is 0 Å². The van der Waals surface area contributed by atoms with E-state index in [1.165, 1.54) is 5.01 Å². The van der Waals surface area contributed by atoms with E-state index in [2.05, 4.69) is 10.3 Å². The predicted octanol–water partition coefficient (Wildman–Crippen LogP) is 5.10. The molecule has 0 saturated heterocycles. The van der Waals surface area contributed by atoms with Crippen molar-refractivity contribution in [2.45, 2.75) is 38.0 Å². The molecule has 1 N–H and O–H groups in total. The lowest BCUT2D eigenvalue weighted by Gasteiger charge is -2.26. The zero-order valence-electron chi connectivity index (χ0n) is 12.3. The fourth-order valence-electron chi connectivity index (χ4n) is 3.06. The molecule has 0 aliphatic heterocycles. The van der Waals surface area contributed by atoms with E-state index in [1.54, 1.807) is 23.5 Å². The zero-order valence-corrected chi connectivity index (χ0v) is 13.9. The Morgan fingerprint density at radius 2 is 1.95 bits per heavy atom. The topological polar surface area (TPSA) is 42.0 Å². The van der Waals surface area contributed by atoms with Gasteiger partial charge in [0.25, 0.3) is 0 Å². The number of aromatic nitrogens is 1. The van der Waals surface area contributed by atoms with Crippen molar-refractivity contribution in [1.82, 2.24) is 4.98 Å². The summed E-state index contributed by atoms with van der Waals surface area (Å²) in [7, 11) is 0. The fraction of sp³-hybridized carbons (Fsp3) is 0.412. The molecule has 22 heavy (non-hydrogen) atoms. The Hall–Kier alpha value is -1.39. The van der Waals surface area contributed by atoms with E-state index in [4.69, 9.17) is 11.6 Å². The molecule has 1 amide bonds. The molecular formula is C17H19ClN2OS. The van der Waals surface area contributed by atoms with E-state index >= 15 is 0 Å². The van der Waals surface area contributed by atoms with Gasteiger partial charge in [0.1, 0.15) is 0 Å². The number of benzene rings is 1. The highest BCUT2D eigenvalue weighted by Crippen LogP contribution is 2.37. The number of hydrogen-bond donors (Lipinski definition) is 1. The van der Waals surface area contributed by atoms with Gasteiger partial charge in [-0.2, -0.15) is 0 Å². The third-order valence-corrected chi connectivity index (χ3v) is 5.44. The van der Waals surface area contributed by atoms with Crippen molar-refractivity contribution in [3.63, 3.8) is 0 Å². The highest BCUT2D eigenvalue weighted by molar-refractivity contribution is 7.09. The number of carbonyl (C=O) groups is 1. The summed E-state index contributed by atoms with van der Waals surface area (Å²) < 4.78 is 0. The molecule has 3 nitrogen and oxygen atoms in total. The van der Waals surface area contributed by atoms with Gasteiger partial charge >= 0.3 is 0 Å². The lowest BCUT2D eigenvalue weighted by Crippen LogP contribution is -2.20. The molecule has 5 heteroatoms. The summed E-state index contributed by atoms with van der Waals surface area (Å²) in [6.45, 7) is 0. The minimum Gasteiger partial charge on any atom is -0.326 e. The highest BCUT2D eigenvalue weighted by Gasteiger charge is 2.25. The van der Waals surface area contributed by atoms with E-state index in [0.717, 1.165) is 31.4 Å². The van der Waals surface area contributed by atoms with Crippen molar-refractivity contribution < 1.29 is 4.79 Å².